The Kier molecular flexibility index (Phi) is 4.94. The minimum atomic E-state index is -0.0892. The molecule has 0 aromatic heterocycles. The Labute approximate surface area is 164 Å². The Morgan fingerprint density at radius 1 is 1.22 bits per heavy atom. The molecule has 1 fully saturated rings. The lowest BCUT2D eigenvalue weighted by molar-refractivity contribution is 0.0924. The van der Waals surface area contributed by atoms with Gasteiger partial charge in [0.2, 0.25) is 0 Å². The van der Waals surface area contributed by atoms with Crippen molar-refractivity contribution in [1.29, 1.82) is 0 Å². The molecule has 1 saturated heterocycles. The van der Waals surface area contributed by atoms with Gasteiger partial charge in [0.1, 0.15) is 5.75 Å². The number of amides is 2. The van der Waals surface area contributed by atoms with Gasteiger partial charge in [0.15, 0.2) is 0 Å². The minimum absolute atomic E-state index is 0.0892. The second-order valence-corrected chi connectivity index (χ2v) is 7.50. The van der Waals surface area contributed by atoms with E-state index in [4.69, 9.17) is 16.3 Å². The number of urea groups is 1. The number of nitrogens with zero attached hydrogens (tertiary/aromatic N) is 1. The number of hydrogen-bond donors (Lipinski definition) is 2. The second kappa shape index (κ2) is 7.53. The van der Waals surface area contributed by atoms with Gasteiger partial charge in [-0.2, -0.15) is 0 Å². The molecule has 0 bridgehead atoms. The van der Waals surface area contributed by atoms with Gasteiger partial charge in [-0.25, -0.2) is 4.79 Å². The van der Waals surface area contributed by atoms with E-state index >= 15 is 0 Å². The van der Waals surface area contributed by atoms with Crippen molar-refractivity contribution in [3.63, 3.8) is 0 Å². The summed E-state index contributed by atoms with van der Waals surface area (Å²) in [6.45, 7) is 5.99. The SMILES string of the molecule is C=C1CCc2cc(OCC3CN(C(=O)Nc4ccc(Cl)cc4)C3)ccc2N1. The fourth-order valence-corrected chi connectivity index (χ4v) is 3.44. The van der Waals surface area contributed by atoms with Crippen LogP contribution in [-0.2, 0) is 6.42 Å². The van der Waals surface area contributed by atoms with Gasteiger partial charge in [-0.3, -0.25) is 0 Å². The van der Waals surface area contributed by atoms with E-state index in [1.54, 1.807) is 29.2 Å². The number of carbonyl (C=O) groups excluding carboxylic acids is 1. The number of likely N-dealkylation sites (tertiary alicyclic amines) is 1. The van der Waals surface area contributed by atoms with Gasteiger partial charge in [0.25, 0.3) is 0 Å². The molecule has 5 nitrogen and oxygen atoms in total. The van der Waals surface area contributed by atoms with Crippen molar-refractivity contribution in [2.24, 2.45) is 5.92 Å². The van der Waals surface area contributed by atoms with Crippen LogP contribution in [0.4, 0.5) is 16.2 Å². The summed E-state index contributed by atoms with van der Waals surface area (Å²) in [5.74, 6) is 1.24. The summed E-state index contributed by atoms with van der Waals surface area (Å²) >= 11 is 5.85. The van der Waals surface area contributed by atoms with Crippen LogP contribution in [0.15, 0.2) is 54.7 Å². The first-order valence-corrected chi connectivity index (χ1v) is 9.46. The van der Waals surface area contributed by atoms with Gasteiger partial charge in [-0.15, -0.1) is 0 Å². The van der Waals surface area contributed by atoms with E-state index in [9.17, 15) is 4.79 Å². The average Bonchev–Trinajstić information content (AvgIpc) is 2.62. The number of benzene rings is 2. The van der Waals surface area contributed by atoms with E-state index in [0.29, 0.717) is 30.6 Å². The average molecular weight is 384 g/mol. The number of aryl methyl sites for hydroxylation is 1. The van der Waals surface area contributed by atoms with Gasteiger partial charge in [-0.05, 0) is 60.9 Å². The summed E-state index contributed by atoms with van der Waals surface area (Å²) in [6, 6.07) is 13.1. The first kappa shape index (κ1) is 17.7. The van der Waals surface area contributed by atoms with Crippen LogP contribution in [0.25, 0.3) is 0 Å². The molecule has 0 radical (unpaired) electrons. The first-order chi connectivity index (χ1) is 13.1. The number of carbonyl (C=O) groups is 1. The summed E-state index contributed by atoms with van der Waals surface area (Å²) in [6.07, 6.45) is 1.94. The van der Waals surface area contributed by atoms with E-state index in [2.05, 4.69) is 23.3 Å². The molecule has 0 saturated carbocycles. The summed E-state index contributed by atoms with van der Waals surface area (Å²) < 4.78 is 5.94. The largest absolute Gasteiger partial charge is 0.493 e. The first-order valence-electron chi connectivity index (χ1n) is 9.09. The zero-order valence-corrected chi connectivity index (χ0v) is 15.8. The highest BCUT2D eigenvalue weighted by Crippen LogP contribution is 2.30. The van der Waals surface area contributed by atoms with Crippen LogP contribution in [-0.4, -0.2) is 30.6 Å². The van der Waals surface area contributed by atoms with Crippen LogP contribution in [0.3, 0.4) is 0 Å². The van der Waals surface area contributed by atoms with Crippen molar-refractivity contribution in [2.75, 3.05) is 30.3 Å². The molecule has 4 rings (SSSR count). The number of allylic oxidation sites excluding steroid dienone is 1. The van der Waals surface area contributed by atoms with Gasteiger partial charge >= 0.3 is 6.03 Å². The number of ether oxygens (including phenoxy) is 1. The van der Waals surface area contributed by atoms with Gasteiger partial charge < -0.3 is 20.3 Å². The highest BCUT2D eigenvalue weighted by Gasteiger charge is 2.31. The van der Waals surface area contributed by atoms with Crippen molar-refractivity contribution in [3.05, 3.63) is 65.3 Å². The summed E-state index contributed by atoms with van der Waals surface area (Å²) in [5, 5.41) is 6.83. The van der Waals surface area contributed by atoms with Crippen LogP contribution < -0.4 is 15.4 Å². The molecule has 27 heavy (non-hydrogen) atoms. The maximum Gasteiger partial charge on any atom is 0.321 e. The Hall–Kier alpha value is -2.66. The third-order valence-electron chi connectivity index (χ3n) is 4.91. The molecule has 2 heterocycles. The molecule has 2 aromatic carbocycles. The van der Waals surface area contributed by atoms with E-state index in [0.717, 1.165) is 35.7 Å². The van der Waals surface area contributed by atoms with Crippen LogP contribution in [0.2, 0.25) is 5.02 Å². The lowest BCUT2D eigenvalue weighted by atomic mass is 10.0. The molecule has 0 spiro atoms. The Morgan fingerprint density at radius 3 is 2.78 bits per heavy atom. The predicted octanol–water partition coefficient (Wildman–Crippen LogP) is 4.75. The van der Waals surface area contributed by atoms with Crippen LogP contribution in [0, 0.1) is 5.92 Å². The van der Waals surface area contributed by atoms with Crippen molar-refractivity contribution >= 4 is 29.0 Å². The highest BCUT2D eigenvalue weighted by molar-refractivity contribution is 6.30. The van der Waals surface area contributed by atoms with E-state index in [1.165, 1.54) is 5.56 Å². The Bertz CT molecular complexity index is 860. The van der Waals surface area contributed by atoms with E-state index < -0.39 is 0 Å². The summed E-state index contributed by atoms with van der Waals surface area (Å²) in [7, 11) is 0. The number of halogens is 1. The van der Waals surface area contributed by atoms with Gasteiger partial charge in [0, 0.05) is 41.1 Å². The zero-order valence-electron chi connectivity index (χ0n) is 15.0. The third kappa shape index (κ3) is 4.19. The quantitative estimate of drug-likeness (QED) is 0.800. The van der Waals surface area contributed by atoms with Crippen LogP contribution >= 0.6 is 11.6 Å². The van der Waals surface area contributed by atoms with Crippen LogP contribution in [0.5, 0.6) is 5.75 Å². The Balaban J connectivity index is 1.23. The van der Waals surface area contributed by atoms with E-state index in [-0.39, 0.29) is 6.03 Å². The molecule has 140 valence electrons. The Morgan fingerprint density at radius 2 is 2.00 bits per heavy atom. The zero-order chi connectivity index (χ0) is 18.8. The van der Waals surface area contributed by atoms with Crippen molar-refractivity contribution in [3.8, 4) is 5.75 Å². The molecular weight excluding hydrogens is 362 g/mol. The third-order valence-corrected chi connectivity index (χ3v) is 5.16. The standard InChI is InChI=1S/C21H22ClN3O2/c1-14-2-3-16-10-19(8-9-20(16)23-14)27-13-15-11-25(12-15)21(26)24-18-6-4-17(22)5-7-18/h4-10,15,23H,1-3,11-13H2,(H,24,26). The number of nitrogens with one attached hydrogen (secondary N) is 2. The molecule has 2 amide bonds. The van der Waals surface area contributed by atoms with Crippen molar-refractivity contribution in [1.82, 2.24) is 4.90 Å². The fraction of sp³-hybridized carbons (Fsp3) is 0.286. The normalized spacial score (nSPS) is 16.2. The maximum absolute atomic E-state index is 12.2. The molecule has 2 aliphatic heterocycles. The molecule has 2 N–H and O–H groups in total. The van der Waals surface area contributed by atoms with Crippen molar-refractivity contribution < 1.29 is 9.53 Å². The predicted molar refractivity (Wildman–Crippen MR) is 109 cm³/mol. The maximum atomic E-state index is 12.2. The lowest BCUT2D eigenvalue weighted by Crippen LogP contribution is -2.53. The smallest absolute Gasteiger partial charge is 0.321 e. The monoisotopic (exact) mass is 383 g/mol. The lowest BCUT2D eigenvalue weighted by Gasteiger charge is -2.38. The fourth-order valence-electron chi connectivity index (χ4n) is 3.32. The van der Waals surface area contributed by atoms with E-state index in [1.807, 2.05) is 12.1 Å². The molecule has 6 heteroatoms. The molecule has 2 aromatic rings. The molecule has 0 aliphatic carbocycles. The van der Waals surface area contributed by atoms with Gasteiger partial charge in [-0.1, -0.05) is 18.2 Å². The van der Waals surface area contributed by atoms with Gasteiger partial charge in [0.05, 0.1) is 6.61 Å². The van der Waals surface area contributed by atoms with Crippen molar-refractivity contribution in [2.45, 2.75) is 12.8 Å². The second-order valence-electron chi connectivity index (χ2n) is 7.07. The van der Waals surface area contributed by atoms with Crippen LogP contribution in [0.1, 0.15) is 12.0 Å². The minimum Gasteiger partial charge on any atom is -0.493 e. The topological polar surface area (TPSA) is 53.6 Å². The number of fused-ring (bicyclic) bond motifs is 1. The summed E-state index contributed by atoms with van der Waals surface area (Å²) in [4.78, 5) is 14.0. The molecule has 2 aliphatic rings. The number of hydrogen-bond acceptors (Lipinski definition) is 3. The molecule has 0 unspecified atom stereocenters. The number of anilines is 2. The molecule has 0 atom stereocenters. The summed E-state index contributed by atoms with van der Waals surface area (Å²) in [5.41, 5.74) is 4.18. The molecular formula is C21H22ClN3O2. The highest BCUT2D eigenvalue weighted by atomic mass is 35.5. The number of rotatable bonds is 4.